The first-order chi connectivity index (χ1) is 16.3. The van der Waals surface area contributed by atoms with Crippen molar-refractivity contribution in [3.8, 4) is 17.2 Å². The van der Waals surface area contributed by atoms with E-state index in [1.54, 1.807) is 44.4 Å². The molecule has 0 aliphatic heterocycles. The van der Waals surface area contributed by atoms with Crippen LogP contribution in [0.5, 0.6) is 17.2 Å². The highest BCUT2D eigenvalue weighted by molar-refractivity contribution is 7.23. The molecule has 7 nitrogen and oxygen atoms in total. The molecule has 0 spiro atoms. The summed E-state index contributed by atoms with van der Waals surface area (Å²) in [6.07, 6.45) is 4.08. The Bertz CT molecular complexity index is 1130. The van der Waals surface area contributed by atoms with E-state index in [9.17, 15) is 4.79 Å². The number of amides is 1. The highest BCUT2D eigenvalue weighted by atomic mass is 35.5. The molecule has 1 heterocycles. The van der Waals surface area contributed by atoms with Crippen molar-refractivity contribution in [2.24, 2.45) is 0 Å². The summed E-state index contributed by atoms with van der Waals surface area (Å²) < 4.78 is 17.1. The SMILES string of the molecule is COc1cc(/C=C/C(=O)N(CCCN(C)C)c2nc3c(C)ccc(Cl)c3s2)cc(OC)c1OC. The Morgan fingerprint density at radius 1 is 1.09 bits per heavy atom. The van der Waals surface area contributed by atoms with Crippen molar-refractivity contribution in [1.82, 2.24) is 9.88 Å². The van der Waals surface area contributed by atoms with E-state index in [0.717, 1.165) is 34.3 Å². The van der Waals surface area contributed by atoms with E-state index in [4.69, 9.17) is 30.8 Å². The summed E-state index contributed by atoms with van der Waals surface area (Å²) in [6, 6.07) is 7.39. The van der Waals surface area contributed by atoms with E-state index in [1.807, 2.05) is 33.2 Å². The van der Waals surface area contributed by atoms with Gasteiger partial charge in [-0.15, -0.1) is 0 Å². The smallest absolute Gasteiger partial charge is 0.252 e. The lowest BCUT2D eigenvalue weighted by Gasteiger charge is -2.19. The third-order valence-electron chi connectivity index (χ3n) is 5.28. The normalized spacial score (nSPS) is 11.4. The average Bonchev–Trinajstić information content (AvgIpc) is 3.28. The largest absolute Gasteiger partial charge is 0.493 e. The quantitative estimate of drug-likeness (QED) is 0.351. The van der Waals surface area contributed by atoms with Gasteiger partial charge in [0.1, 0.15) is 0 Å². The molecule has 34 heavy (non-hydrogen) atoms. The summed E-state index contributed by atoms with van der Waals surface area (Å²) >= 11 is 7.84. The molecule has 0 unspecified atom stereocenters. The van der Waals surface area contributed by atoms with Crippen molar-refractivity contribution >= 4 is 50.3 Å². The standard InChI is InChI=1S/C25H30ClN3O4S/c1-16-8-10-18(26)24-22(16)27-25(34-24)29(13-7-12-28(2)3)21(30)11-9-17-14-19(31-4)23(33-6)20(15-17)32-5/h8-11,14-15H,7,12-13H2,1-6H3/b11-9+. The van der Waals surface area contributed by atoms with E-state index in [-0.39, 0.29) is 5.91 Å². The molecule has 1 aromatic heterocycles. The van der Waals surface area contributed by atoms with Crippen LogP contribution in [0.4, 0.5) is 5.13 Å². The summed E-state index contributed by atoms with van der Waals surface area (Å²) in [5.74, 6) is 1.38. The lowest BCUT2D eigenvalue weighted by Crippen LogP contribution is -2.32. The number of carbonyl (C=O) groups excluding carboxylic acids is 1. The van der Waals surface area contributed by atoms with Gasteiger partial charge in [0.2, 0.25) is 5.75 Å². The van der Waals surface area contributed by atoms with E-state index >= 15 is 0 Å². The summed E-state index contributed by atoms with van der Waals surface area (Å²) in [6.45, 7) is 3.38. The topological polar surface area (TPSA) is 64.1 Å². The number of rotatable bonds is 10. The minimum Gasteiger partial charge on any atom is -0.493 e. The molecule has 0 aliphatic carbocycles. The van der Waals surface area contributed by atoms with Gasteiger partial charge in [0.25, 0.3) is 5.91 Å². The third-order valence-corrected chi connectivity index (χ3v) is 6.81. The van der Waals surface area contributed by atoms with E-state index in [1.165, 1.54) is 17.4 Å². The van der Waals surface area contributed by atoms with Gasteiger partial charge < -0.3 is 19.1 Å². The van der Waals surface area contributed by atoms with Crippen LogP contribution in [-0.4, -0.2) is 64.3 Å². The number of aromatic nitrogens is 1. The van der Waals surface area contributed by atoms with Gasteiger partial charge in [-0.25, -0.2) is 4.98 Å². The van der Waals surface area contributed by atoms with Crippen LogP contribution in [0.3, 0.4) is 0 Å². The van der Waals surface area contributed by atoms with Crippen LogP contribution in [0.1, 0.15) is 17.5 Å². The number of hydrogen-bond acceptors (Lipinski definition) is 7. The first-order valence-corrected chi connectivity index (χ1v) is 12.0. The van der Waals surface area contributed by atoms with Gasteiger partial charge in [-0.3, -0.25) is 9.69 Å². The van der Waals surface area contributed by atoms with Crippen LogP contribution < -0.4 is 19.1 Å². The summed E-state index contributed by atoms with van der Waals surface area (Å²) in [4.78, 5) is 21.9. The Kier molecular flexibility index (Phi) is 8.77. The van der Waals surface area contributed by atoms with E-state index in [0.29, 0.717) is 33.9 Å². The van der Waals surface area contributed by atoms with Gasteiger partial charge in [-0.1, -0.05) is 29.0 Å². The van der Waals surface area contributed by atoms with Crippen LogP contribution in [0, 0.1) is 6.92 Å². The van der Waals surface area contributed by atoms with Gasteiger partial charge in [0.15, 0.2) is 16.6 Å². The Morgan fingerprint density at radius 2 is 1.76 bits per heavy atom. The molecular formula is C25H30ClN3O4S. The number of fused-ring (bicyclic) bond motifs is 1. The lowest BCUT2D eigenvalue weighted by atomic mass is 10.1. The van der Waals surface area contributed by atoms with Gasteiger partial charge >= 0.3 is 0 Å². The second kappa shape index (κ2) is 11.6. The molecule has 0 bridgehead atoms. The number of ether oxygens (including phenoxy) is 3. The molecule has 0 fully saturated rings. The second-order valence-electron chi connectivity index (χ2n) is 7.98. The average molecular weight is 504 g/mol. The molecule has 3 aromatic rings. The molecule has 0 saturated heterocycles. The molecule has 1 amide bonds. The lowest BCUT2D eigenvalue weighted by molar-refractivity contribution is -0.114. The molecule has 182 valence electrons. The number of halogens is 1. The van der Waals surface area contributed by atoms with Crippen molar-refractivity contribution in [2.45, 2.75) is 13.3 Å². The van der Waals surface area contributed by atoms with Gasteiger partial charge in [-0.05, 0) is 69.4 Å². The zero-order chi connectivity index (χ0) is 24.8. The minimum atomic E-state index is -0.166. The summed E-state index contributed by atoms with van der Waals surface area (Å²) in [7, 11) is 8.69. The number of aryl methyl sites for hydroxylation is 1. The fourth-order valence-electron chi connectivity index (χ4n) is 3.51. The van der Waals surface area contributed by atoms with E-state index in [2.05, 4.69) is 4.90 Å². The number of benzene rings is 2. The second-order valence-corrected chi connectivity index (χ2v) is 9.36. The maximum atomic E-state index is 13.3. The number of anilines is 1. The summed E-state index contributed by atoms with van der Waals surface area (Å²) in [5.41, 5.74) is 2.60. The molecular weight excluding hydrogens is 474 g/mol. The predicted octanol–water partition coefficient (Wildman–Crippen LogP) is 5.28. The zero-order valence-corrected chi connectivity index (χ0v) is 21.9. The maximum Gasteiger partial charge on any atom is 0.252 e. The number of carbonyl (C=O) groups is 1. The first kappa shape index (κ1) is 25.8. The Labute approximate surface area is 209 Å². The Morgan fingerprint density at radius 3 is 2.32 bits per heavy atom. The van der Waals surface area contributed by atoms with Crippen molar-refractivity contribution in [3.63, 3.8) is 0 Å². The number of hydrogen-bond donors (Lipinski definition) is 0. The van der Waals surface area contributed by atoms with Gasteiger partial charge in [0.05, 0.1) is 36.6 Å². The molecule has 9 heteroatoms. The van der Waals surface area contributed by atoms with Crippen LogP contribution in [0.15, 0.2) is 30.3 Å². The van der Waals surface area contributed by atoms with Gasteiger partial charge in [0, 0.05) is 12.6 Å². The van der Waals surface area contributed by atoms with Crippen LogP contribution in [-0.2, 0) is 4.79 Å². The number of thiazole rings is 1. The highest BCUT2D eigenvalue weighted by Crippen LogP contribution is 2.39. The molecule has 3 rings (SSSR count). The number of methoxy groups -OCH3 is 3. The van der Waals surface area contributed by atoms with Gasteiger partial charge in [-0.2, -0.15) is 0 Å². The van der Waals surface area contributed by atoms with Crippen LogP contribution in [0.2, 0.25) is 5.02 Å². The van der Waals surface area contributed by atoms with Crippen molar-refractivity contribution in [1.29, 1.82) is 0 Å². The van der Waals surface area contributed by atoms with Crippen molar-refractivity contribution in [2.75, 3.05) is 53.4 Å². The van der Waals surface area contributed by atoms with Crippen LogP contribution in [0.25, 0.3) is 16.3 Å². The summed E-state index contributed by atoms with van der Waals surface area (Å²) in [5, 5.41) is 1.27. The Balaban J connectivity index is 1.94. The van der Waals surface area contributed by atoms with Crippen LogP contribution >= 0.6 is 22.9 Å². The fourth-order valence-corrected chi connectivity index (χ4v) is 4.85. The first-order valence-electron chi connectivity index (χ1n) is 10.8. The van der Waals surface area contributed by atoms with Crippen molar-refractivity contribution in [3.05, 3.63) is 46.5 Å². The monoisotopic (exact) mass is 503 g/mol. The molecule has 0 radical (unpaired) electrons. The molecule has 0 aliphatic rings. The Hall–Kier alpha value is -2.81. The fraction of sp³-hybridized carbons (Fsp3) is 0.360. The number of nitrogens with zero attached hydrogens (tertiary/aromatic N) is 3. The molecule has 0 N–H and O–H groups in total. The van der Waals surface area contributed by atoms with Crippen molar-refractivity contribution < 1.29 is 19.0 Å². The minimum absolute atomic E-state index is 0.166. The van der Waals surface area contributed by atoms with E-state index < -0.39 is 0 Å². The zero-order valence-electron chi connectivity index (χ0n) is 20.3. The molecule has 0 atom stereocenters. The molecule has 2 aromatic carbocycles. The highest BCUT2D eigenvalue weighted by Gasteiger charge is 2.20. The third kappa shape index (κ3) is 5.81. The molecule has 0 saturated carbocycles. The maximum absolute atomic E-state index is 13.3. The predicted molar refractivity (Wildman–Crippen MR) is 140 cm³/mol.